The second kappa shape index (κ2) is 5.47. The SMILES string of the molecule is N#Cc1cc(SC(F)(F)F)c(S(=O)(=O)Cl)c([N+](=O)[O-])c1. The molecule has 0 N–H and O–H groups in total. The van der Waals surface area contributed by atoms with E-state index >= 15 is 0 Å². The van der Waals surface area contributed by atoms with E-state index in [4.69, 9.17) is 15.9 Å². The summed E-state index contributed by atoms with van der Waals surface area (Å²) in [5, 5.41) is 19.4. The van der Waals surface area contributed by atoms with E-state index in [9.17, 15) is 31.7 Å². The number of hydrogen-bond acceptors (Lipinski definition) is 6. The van der Waals surface area contributed by atoms with Gasteiger partial charge in [-0.2, -0.15) is 18.4 Å². The molecule has 0 aromatic heterocycles. The van der Waals surface area contributed by atoms with Crippen molar-refractivity contribution in [3.8, 4) is 6.07 Å². The summed E-state index contributed by atoms with van der Waals surface area (Å²) in [6.45, 7) is 0. The van der Waals surface area contributed by atoms with Crippen LogP contribution in [0.3, 0.4) is 0 Å². The molecule has 0 spiro atoms. The van der Waals surface area contributed by atoms with Crippen LogP contribution in [0.1, 0.15) is 5.56 Å². The van der Waals surface area contributed by atoms with Crippen LogP contribution in [0.25, 0.3) is 0 Å². The minimum atomic E-state index is -4.90. The van der Waals surface area contributed by atoms with Crippen molar-refractivity contribution in [2.75, 3.05) is 0 Å². The minimum Gasteiger partial charge on any atom is -0.258 e. The third kappa shape index (κ3) is 3.99. The first-order valence-electron chi connectivity index (χ1n) is 4.38. The van der Waals surface area contributed by atoms with E-state index in [2.05, 4.69) is 0 Å². The molecule has 12 heteroatoms. The Balaban J connectivity index is 3.75. The Morgan fingerprint density at radius 3 is 2.30 bits per heavy atom. The highest BCUT2D eigenvalue weighted by Gasteiger charge is 2.37. The van der Waals surface area contributed by atoms with Crippen LogP contribution in [0.4, 0.5) is 18.9 Å². The molecule has 0 saturated heterocycles. The standard InChI is InChI=1S/C8H2ClF3N2O4S2/c9-20(17,18)7-5(14(15)16)1-4(3-13)2-6(7)19-8(10,11)12/h1-2H. The number of benzene rings is 1. The molecule has 1 aromatic rings. The van der Waals surface area contributed by atoms with E-state index in [1.807, 2.05) is 0 Å². The van der Waals surface area contributed by atoms with Gasteiger partial charge in [0, 0.05) is 21.6 Å². The maximum atomic E-state index is 12.4. The number of rotatable bonds is 3. The lowest BCUT2D eigenvalue weighted by molar-refractivity contribution is -0.388. The van der Waals surface area contributed by atoms with Gasteiger partial charge in [-0.25, -0.2) is 8.42 Å². The van der Waals surface area contributed by atoms with Crippen molar-refractivity contribution < 1.29 is 26.5 Å². The Morgan fingerprint density at radius 1 is 1.40 bits per heavy atom. The number of nitro groups is 1. The Kier molecular flexibility index (Phi) is 4.52. The molecule has 0 atom stereocenters. The molecule has 0 aliphatic rings. The molecule has 108 valence electrons. The average molecular weight is 347 g/mol. The summed E-state index contributed by atoms with van der Waals surface area (Å²) in [6, 6.07) is 2.51. The lowest BCUT2D eigenvalue weighted by Gasteiger charge is -2.09. The molecule has 0 amide bonds. The molecule has 6 nitrogen and oxygen atoms in total. The van der Waals surface area contributed by atoms with Crippen molar-refractivity contribution in [3.05, 3.63) is 27.8 Å². The quantitative estimate of drug-likeness (QED) is 0.361. The summed E-state index contributed by atoms with van der Waals surface area (Å²) in [5.41, 5.74) is -6.59. The van der Waals surface area contributed by atoms with E-state index < -0.39 is 52.3 Å². The second-order valence-electron chi connectivity index (χ2n) is 3.18. The number of nitro benzene ring substituents is 1. The van der Waals surface area contributed by atoms with Crippen LogP contribution in [0.2, 0.25) is 0 Å². The third-order valence-electron chi connectivity index (χ3n) is 1.83. The van der Waals surface area contributed by atoms with Crippen LogP contribution in [-0.2, 0) is 9.05 Å². The fourth-order valence-electron chi connectivity index (χ4n) is 1.23. The van der Waals surface area contributed by atoms with E-state index in [-0.39, 0.29) is 0 Å². The van der Waals surface area contributed by atoms with Gasteiger partial charge in [-0.05, 0) is 17.8 Å². The molecule has 0 fully saturated rings. The van der Waals surface area contributed by atoms with Crippen LogP contribution in [0, 0.1) is 21.4 Å². The van der Waals surface area contributed by atoms with Gasteiger partial charge in [-0.15, -0.1) is 0 Å². The predicted octanol–water partition coefficient (Wildman–Crippen LogP) is 3.01. The van der Waals surface area contributed by atoms with Gasteiger partial charge in [0.1, 0.15) is 0 Å². The molecule has 0 heterocycles. The van der Waals surface area contributed by atoms with Crippen molar-refractivity contribution in [1.29, 1.82) is 5.26 Å². The van der Waals surface area contributed by atoms with Crippen LogP contribution in [0.15, 0.2) is 21.9 Å². The largest absolute Gasteiger partial charge is 0.446 e. The van der Waals surface area contributed by atoms with Crippen LogP contribution >= 0.6 is 22.4 Å². The van der Waals surface area contributed by atoms with Crippen molar-refractivity contribution in [2.24, 2.45) is 0 Å². The Hall–Kier alpha value is -1.51. The van der Waals surface area contributed by atoms with Crippen LogP contribution in [-0.4, -0.2) is 18.8 Å². The lowest BCUT2D eigenvalue weighted by Crippen LogP contribution is -2.06. The molecule has 1 aromatic carbocycles. The number of nitriles is 1. The normalized spacial score (nSPS) is 11.9. The number of hydrogen-bond donors (Lipinski definition) is 0. The summed E-state index contributed by atoms with van der Waals surface area (Å²) in [7, 11) is 0.135. The van der Waals surface area contributed by atoms with Gasteiger partial charge in [-0.3, -0.25) is 10.1 Å². The minimum absolute atomic E-state index is 0.493. The van der Waals surface area contributed by atoms with Gasteiger partial charge in [0.2, 0.25) is 0 Å². The highest BCUT2D eigenvalue weighted by molar-refractivity contribution is 8.14. The Morgan fingerprint density at radius 2 is 1.95 bits per heavy atom. The predicted molar refractivity (Wildman–Crippen MR) is 62.8 cm³/mol. The average Bonchev–Trinajstić information content (AvgIpc) is 2.23. The number of alkyl halides is 3. The summed E-state index contributed by atoms with van der Waals surface area (Å²) >= 11 is -0.904. The van der Waals surface area contributed by atoms with Gasteiger partial charge in [-0.1, -0.05) is 0 Å². The van der Waals surface area contributed by atoms with E-state index in [1.165, 1.54) is 6.07 Å². The molecule has 0 bridgehead atoms. The second-order valence-corrected chi connectivity index (χ2v) is 6.79. The molecular formula is C8H2ClF3N2O4S2. The molecule has 0 radical (unpaired) electrons. The Labute approximate surface area is 118 Å². The summed E-state index contributed by atoms with van der Waals surface area (Å²) in [4.78, 5) is 7.20. The molecule has 1 rings (SSSR count). The maximum absolute atomic E-state index is 12.4. The molecular weight excluding hydrogens is 345 g/mol. The highest BCUT2D eigenvalue weighted by Crippen LogP contribution is 2.44. The zero-order valence-corrected chi connectivity index (χ0v) is 11.4. The van der Waals surface area contributed by atoms with Crippen LogP contribution in [0.5, 0.6) is 0 Å². The fourth-order valence-corrected chi connectivity index (χ4v) is 3.63. The first-order valence-corrected chi connectivity index (χ1v) is 7.51. The summed E-state index contributed by atoms with van der Waals surface area (Å²) < 4.78 is 59.6. The van der Waals surface area contributed by atoms with Crippen LogP contribution < -0.4 is 0 Å². The van der Waals surface area contributed by atoms with E-state index in [1.54, 1.807) is 0 Å². The van der Waals surface area contributed by atoms with E-state index in [0.717, 1.165) is 0 Å². The van der Waals surface area contributed by atoms with Gasteiger partial charge in [0.25, 0.3) is 14.7 Å². The highest BCUT2D eigenvalue weighted by atomic mass is 35.7. The topological polar surface area (TPSA) is 101 Å². The fraction of sp³-hybridized carbons (Fsp3) is 0.125. The molecule has 0 aliphatic heterocycles. The van der Waals surface area contributed by atoms with Crippen molar-refractivity contribution in [3.63, 3.8) is 0 Å². The van der Waals surface area contributed by atoms with Crippen molar-refractivity contribution >= 4 is 37.2 Å². The summed E-state index contributed by atoms with van der Waals surface area (Å²) in [6.07, 6.45) is 0. The van der Waals surface area contributed by atoms with Gasteiger partial charge < -0.3 is 0 Å². The maximum Gasteiger partial charge on any atom is 0.446 e. The molecule has 20 heavy (non-hydrogen) atoms. The summed E-state index contributed by atoms with van der Waals surface area (Å²) in [5.74, 6) is 0. The van der Waals surface area contributed by atoms with E-state index in [0.29, 0.717) is 12.1 Å². The third-order valence-corrected chi connectivity index (χ3v) is 4.11. The number of halogens is 4. The smallest absolute Gasteiger partial charge is 0.258 e. The monoisotopic (exact) mass is 346 g/mol. The number of nitrogens with zero attached hydrogens (tertiary/aromatic N) is 2. The first-order chi connectivity index (χ1) is 8.95. The lowest BCUT2D eigenvalue weighted by atomic mass is 10.2. The van der Waals surface area contributed by atoms with Crippen molar-refractivity contribution in [2.45, 2.75) is 15.3 Å². The first kappa shape index (κ1) is 16.5. The van der Waals surface area contributed by atoms with Crippen molar-refractivity contribution in [1.82, 2.24) is 0 Å². The molecule has 0 aliphatic carbocycles. The zero-order chi connectivity index (χ0) is 15.7. The zero-order valence-electron chi connectivity index (χ0n) is 9.01. The van der Waals surface area contributed by atoms with Gasteiger partial charge >= 0.3 is 5.51 Å². The molecule has 0 unspecified atom stereocenters. The molecule has 0 saturated carbocycles. The number of thioether (sulfide) groups is 1. The van der Waals surface area contributed by atoms with Gasteiger partial charge in [0.05, 0.1) is 16.6 Å². The van der Waals surface area contributed by atoms with Gasteiger partial charge in [0.15, 0.2) is 4.90 Å². The Bertz CT molecular complexity index is 712.